The van der Waals surface area contributed by atoms with Crippen molar-refractivity contribution in [1.82, 2.24) is 14.9 Å². The summed E-state index contributed by atoms with van der Waals surface area (Å²) < 4.78 is 12.1. The van der Waals surface area contributed by atoms with Gasteiger partial charge in [-0.1, -0.05) is 12.1 Å². The second kappa shape index (κ2) is 8.04. The van der Waals surface area contributed by atoms with E-state index < -0.39 is 0 Å². The highest BCUT2D eigenvalue weighted by atomic mass is 16.5. The summed E-state index contributed by atoms with van der Waals surface area (Å²) in [4.78, 5) is 10.9. The summed E-state index contributed by atoms with van der Waals surface area (Å²) in [7, 11) is 0. The molecule has 2 fully saturated rings. The minimum Gasteiger partial charge on any atom is -0.376 e. The van der Waals surface area contributed by atoms with Gasteiger partial charge in [-0.15, -0.1) is 0 Å². The Balaban J connectivity index is 1.31. The first-order valence-corrected chi connectivity index (χ1v) is 9.11. The Labute approximate surface area is 149 Å². The average molecular weight is 339 g/mol. The molecule has 0 spiro atoms. The van der Waals surface area contributed by atoms with Crippen LogP contribution in [-0.4, -0.2) is 46.8 Å². The van der Waals surface area contributed by atoms with Gasteiger partial charge in [-0.2, -0.15) is 0 Å². The molecule has 1 aliphatic carbocycles. The van der Waals surface area contributed by atoms with Gasteiger partial charge in [0.25, 0.3) is 0 Å². The molecule has 5 heteroatoms. The van der Waals surface area contributed by atoms with Crippen molar-refractivity contribution in [3.8, 4) is 0 Å². The summed E-state index contributed by atoms with van der Waals surface area (Å²) in [5.41, 5.74) is 2.40. The van der Waals surface area contributed by atoms with Gasteiger partial charge in [0.1, 0.15) is 0 Å². The molecule has 1 saturated heterocycles. The molecule has 0 radical (unpaired) electrons. The molecular formula is C20H25N3O2. The number of morpholine rings is 1. The first-order chi connectivity index (χ1) is 12.4. The number of aromatic nitrogens is 2. The number of hydrogen-bond donors (Lipinski definition) is 0. The SMILES string of the molecule is c1cncc(COC[C@@H]2CC[C@H]3[C@H]2OCCN3Cc2cccnc2)c1. The second-order valence-corrected chi connectivity index (χ2v) is 6.95. The topological polar surface area (TPSA) is 47.5 Å². The van der Waals surface area contributed by atoms with E-state index in [4.69, 9.17) is 9.47 Å². The van der Waals surface area contributed by atoms with Gasteiger partial charge < -0.3 is 9.47 Å². The number of nitrogens with zero attached hydrogens (tertiary/aromatic N) is 3. The summed E-state index contributed by atoms with van der Waals surface area (Å²) in [6.07, 6.45) is 10.1. The molecule has 4 rings (SSSR count). The van der Waals surface area contributed by atoms with Crippen molar-refractivity contribution in [1.29, 1.82) is 0 Å². The fourth-order valence-corrected chi connectivity index (χ4v) is 4.05. The van der Waals surface area contributed by atoms with Crippen molar-refractivity contribution in [3.05, 3.63) is 60.2 Å². The van der Waals surface area contributed by atoms with Gasteiger partial charge >= 0.3 is 0 Å². The Morgan fingerprint density at radius 2 is 1.88 bits per heavy atom. The van der Waals surface area contributed by atoms with Gasteiger partial charge in [0.15, 0.2) is 0 Å². The van der Waals surface area contributed by atoms with E-state index in [0.29, 0.717) is 24.7 Å². The summed E-state index contributed by atoms with van der Waals surface area (Å²) in [5.74, 6) is 0.485. The normalized spacial score (nSPS) is 26.5. The summed E-state index contributed by atoms with van der Waals surface area (Å²) in [6, 6.07) is 8.67. The molecule has 2 aromatic heterocycles. The predicted molar refractivity (Wildman–Crippen MR) is 94.8 cm³/mol. The van der Waals surface area contributed by atoms with Crippen LogP contribution in [0.15, 0.2) is 49.1 Å². The summed E-state index contributed by atoms with van der Waals surface area (Å²) in [6.45, 7) is 4.15. The van der Waals surface area contributed by atoms with Gasteiger partial charge in [-0.05, 0) is 36.1 Å². The minimum atomic E-state index is 0.291. The van der Waals surface area contributed by atoms with Crippen molar-refractivity contribution < 1.29 is 9.47 Å². The van der Waals surface area contributed by atoms with Crippen LogP contribution in [-0.2, 0) is 22.6 Å². The fraction of sp³-hybridized carbons (Fsp3) is 0.500. The van der Waals surface area contributed by atoms with E-state index in [1.54, 1.807) is 6.20 Å². The number of ether oxygens (including phenoxy) is 2. The average Bonchev–Trinajstić information content (AvgIpc) is 3.08. The second-order valence-electron chi connectivity index (χ2n) is 6.95. The predicted octanol–water partition coefficient (Wildman–Crippen LogP) is 2.67. The van der Waals surface area contributed by atoms with E-state index in [9.17, 15) is 0 Å². The molecule has 0 aromatic carbocycles. The van der Waals surface area contributed by atoms with Crippen LogP contribution in [0.1, 0.15) is 24.0 Å². The van der Waals surface area contributed by atoms with Crippen LogP contribution >= 0.6 is 0 Å². The first-order valence-electron chi connectivity index (χ1n) is 9.11. The molecule has 1 saturated carbocycles. The van der Waals surface area contributed by atoms with Crippen molar-refractivity contribution >= 4 is 0 Å². The zero-order valence-electron chi connectivity index (χ0n) is 14.5. The van der Waals surface area contributed by atoms with Gasteiger partial charge in [0, 0.05) is 49.8 Å². The molecule has 25 heavy (non-hydrogen) atoms. The molecule has 5 nitrogen and oxygen atoms in total. The molecule has 3 heterocycles. The molecule has 132 valence electrons. The third kappa shape index (κ3) is 4.06. The van der Waals surface area contributed by atoms with Crippen LogP contribution in [0.3, 0.4) is 0 Å². The van der Waals surface area contributed by atoms with Crippen LogP contribution in [0.2, 0.25) is 0 Å². The minimum absolute atomic E-state index is 0.291. The Morgan fingerprint density at radius 1 is 1.08 bits per heavy atom. The number of hydrogen-bond acceptors (Lipinski definition) is 5. The zero-order chi connectivity index (χ0) is 16.9. The largest absolute Gasteiger partial charge is 0.376 e. The van der Waals surface area contributed by atoms with E-state index in [1.165, 1.54) is 18.4 Å². The fourth-order valence-electron chi connectivity index (χ4n) is 4.05. The Morgan fingerprint density at radius 3 is 2.64 bits per heavy atom. The lowest BCUT2D eigenvalue weighted by atomic mass is 10.0. The van der Waals surface area contributed by atoms with Crippen molar-refractivity contribution in [2.24, 2.45) is 5.92 Å². The van der Waals surface area contributed by atoms with Crippen LogP contribution in [0.4, 0.5) is 0 Å². The van der Waals surface area contributed by atoms with Gasteiger partial charge in [0.05, 0.1) is 25.9 Å². The maximum Gasteiger partial charge on any atom is 0.0781 e. The highest BCUT2D eigenvalue weighted by Gasteiger charge is 2.42. The highest BCUT2D eigenvalue weighted by molar-refractivity contribution is 5.10. The molecule has 3 atom stereocenters. The van der Waals surface area contributed by atoms with E-state index in [0.717, 1.165) is 31.9 Å². The van der Waals surface area contributed by atoms with E-state index in [2.05, 4.69) is 27.0 Å². The maximum atomic E-state index is 6.14. The molecule has 2 aromatic rings. The third-order valence-electron chi connectivity index (χ3n) is 5.27. The maximum absolute atomic E-state index is 6.14. The number of rotatable bonds is 6. The van der Waals surface area contributed by atoms with E-state index in [1.807, 2.05) is 30.7 Å². The van der Waals surface area contributed by atoms with Crippen LogP contribution in [0.25, 0.3) is 0 Å². The molecule has 0 bridgehead atoms. The Kier molecular flexibility index (Phi) is 5.35. The lowest BCUT2D eigenvalue weighted by Crippen LogP contribution is -2.50. The van der Waals surface area contributed by atoms with E-state index in [-0.39, 0.29) is 0 Å². The smallest absolute Gasteiger partial charge is 0.0781 e. The molecule has 2 aliphatic rings. The molecule has 0 N–H and O–H groups in total. The molecule has 0 amide bonds. The van der Waals surface area contributed by atoms with Crippen molar-refractivity contribution in [2.45, 2.75) is 38.1 Å². The molecule has 0 unspecified atom stereocenters. The monoisotopic (exact) mass is 339 g/mol. The van der Waals surface area contributed by atoms with Crippen molar-refractivity contribution in [2.75, 3.05) is 19.8 Å². The molecule has 1 aliphatic heterocycles. The third-order valence-corrected chi connectivity index (χ3v) is 5.27. The van der Waals surface area contributed by atoms with Gasteiger partial charge in [-0.25, -0.2) is 0 Å². The van der Waals surface area contributed by atoms with Crippen LogP contribution in [0.5, 0.6) is 0 Å². The highest BCUT2D eigenvalue weighted by Crippen LogP contribution is 2.35. The molecular weight excluding hydrogens is 314 g/mol. The zero-order valence-corrected chi connectivity index (χ0v) is 14.5. The van der Waals surface area contributed by atoms with E-state index >= 15 is 0 Å². The van der Waals surface area contributed by atoms with Gasteiger partial charge in [-0.3, -0.25) is 14.9 Å². The standard InChI is InChI=1S/C20H25N3O2/c1-3-16(11-21-7-1)13-23-9-10-25-20-18(5-6-19(20)23)15-24-14-17-4-2-8-22-12-17/h1-4,7-8,11-12,18-20H,5-6,9-10,13-15H2/t18-,19-,20-/m0/s1. The Bertz CT molecular complexity index is 653. The lowest BCUT2D eigenvalue weighted by Gasteiger charge is -2.39. The first kappa shape index (κ1) is 16.6. The lowest BCUT2D eigenvalue weighted by molar-refractivity contribution is -0.0891. The van der Waals surface area contributed by atoms with Crippen LogP contribution in [0, 0.1) is 5.92 Å². The Hall–Kier alpha value is -1.82. The quantitative estimate of drug-likeness (QED) is 0.810. The number of fused-ring (bicyclic) bond motifs is 1. The summed E-state index contributed by atoms with van der Waals surface area (Å²) in [5, 5.41) is 0. The summed E-state index contributed by atoms with van der Waals surface area (Å²) >= 11 is 0. The van der Waals surface area contributed by atoms with Crippen molar-refractivity contribution in [3.63, 3.8) is 0 Å². The van der Waals surface area contributed by atoms with Crippen LogP contribution < -0.4 is 0 Å². The van der Waals surface area contributed by atoms with Gasteiger partial charge in [0.2, 0.25) is 0 Å². The number of pyridine rings is 2.